The second kappa shape index (κ2) is 3.36. The van der Waals surface area contributed by atoms with E-state index in [-0.39, 0.29) is 0 Å². The lowest BCUT2D eigenvalue weighted by atomic mass is 10.3. The highest BCUT2D eigenvalue weighted by Gasteiger charge is 2.16. The predicted molar refractivity (Wildman–Crippen MR) is 48.3 cm³/mol. The molecule has 0 radical (unpaired) electrons. The summed E-state index contributed by atoms with van der Waals surface area (Å²) in [5.41, 5.74) is 1.26. The summed E-state index contributed by atoms with van der Waals surface area (Å²) in [5.74, 6) is 0. The topological polar surface area (TPSA) is 53.6 Å². The quantitative estimate of drug-likeness (QED) is 0.671. The molecule has 0 aromatic carbocycles. The van der Waals surface area contributed by atoms with E-state index in [1.54, 1.807) is 0 Å². The number of nitriles is 1. The summed E-state index contributed by atoms with van der Waals surface area (Å²) in [4.78, 5) is 0. The Morgan fingerprint density at radius 3 is 3.23 bits per heavy atom. The van der Waals surface area contributed by atoms with E-state index in [1.807, 2.05) is 10.8 Å². The largest absolute Gasteiger partial charge is 0.311 e. The van der Waals surface area contributed by atoms with E-state index >= 15 is 0 Å². The van der Waals surface area contributed by atoms with Crippen LogP contribution in [-0.4, -0.2) is 16.3 Å². The molecule has 2 heterocycles. The van der Waals surface area contributed by atoms with Gasteiger partial charge < -0.3 is 5.32 Å². The number of nitrogens with one attached hydrogen (secondary N) is 1. The van der Waals surface area contributed by atoms with Crippen LogP contribution in [0.1, 0.15) is 17.8 Å². The van der Waals surface area contributed by atoms with Gasteiger partial charge in [-0.1, -0.05) is 11.6 Å². The Morgan fingerprint density at radius 1 is 1.62 bits per heavy atom. The fourth-order valence-corrected chi connectivity index (χ4v) is 1.71. The van der Waals surface area contributed by atoms with Gasteiger partial charge in [0.2, 0.25) is 0 Å². The molecule has 1 aliphatic heterocycles. The van der Waals surface area contributed by atoms with E-state index in [0.29, 0.717) is 17.3 Å². The van der Waals surface area contributed by atoms with Crippen LogP contribution in [0.3, 0.4) is 0 Å². The number of aryl methyl sites for hydroxylation is 1. The highest BCUT2D eigenvalue weighted by molar-refractivity contribution is 6.32. The van der Waals surface area contributed by atoms with Crippen molar-refractivity contribution in [2.24, 2.45) is 0 Å². The second-order valence-electron chi connectivity index (χ2n) is 2.97. The Morgan fingerprint density at radius 2 is 2.46 bits per heavy atom. The van der Waals surface area contributed by atoms with Crippen LogP contribution in [-0.2, 0) is 13.1 Å². The molecule has 0 fully saturated rings. The molecule has 2 rings (SSSR count). The number of hydrogen-bond donors (Lipinski definition) is 1. The molecule has 1 aromatic rings. The summed E-state index contributed by atoms with van der Waals surface area (Å²) in [6.07, 6.45) is 1.02. The molecule has 0 amide bonds. The lowest BCUT2D eigenvalue weighted by Crippen LogP contribution is -2.12. The molecule has 0 spiro atoms. The van der Waals surface area contributed by atoms with Crippen LogP contribution in [0.5, 0.6) is 0 Å². The molecule has 1 aliphatic rings. The molecule has 0 bridgehead atoms. The van der Waals surface area contributed by atoms with Gasteiger partial charge in [0.25, 0.3) is 0 Å². The number of rotatable bonds is 0. The van der Waals surface area contributed by atoms with Gasteiger partial charge in [-0.2, -0.15) is 10.4 Å². The first-order valence-electron chi connectivity index (χ1n) is 4.19. The first-order valence-corrected chi connectivity index (χ1v) is 4.56. The summed E-state index contributed by atoms with van der Waals surface area (Å²) >= 11 is 5.97. The summed E-state index contributed by atoms with van der Waals surface area (Å²) in [7, 11) is 0. The van der Waals surface area contributed by atoms with E-state index < -0.39 is 0 Å². The molecule has 4 nitrogen and oxygen atoms in total. The van der Waals surface area contributed by atoms with Crippen LogP contribution < -0.4 is 5.32 Å². The van der Waals surface area contributed by atoms with Gasteiger partial charge in [0.1, 0.15) is 11.1 Å². The normalized spacial score (nSPS) is 16.0. The van der Waals surface area contributed by atoms with Gasteiger partial charge >= 0.3 is 0 Å². The third-order valence-electron chi connectivity index (χ3n) is 2.12. The fraction of sp³-hybridized carbons (Fsp3) is 0.500. The average molecular weight is 197 g/mol. The Kier molecular flexibility index (Phi) is 2.21. The maximum absolute atomic E-state index is 8.71. The Hall–Kier alpha value is -1.05. The van der Waals surface area contributed by atoms with Crippen molar-refractivity contribution in [2.75, 3.05) is 6.54 Å². The van der Waals surface area contributed by atoms with Gasteiger partial charge in [-0.25, -0.2) is 0 Å². The van der Waals surface area contributed by atoms with Crippen LogP contribution in [0.15, 0.2) is 0 Å². The van der Waals surface area contributed by atoms with E-state index in [2.05, 4.69) is 10.4 Å². The highest BCUT2D eigenvalue weighted by Crippen LogP contribution is 2.21. The predicted octanol–water partition coefficient (Wildman–Crippen LogP) is 0.901. The summed E-state index contributed by atoms with van der Waals surface area (Å²) in [5, 5.41) is 16.5. The van der Waals surface area contributed by atoms with E-state index in [0.717, 1.165) is 25.2 Å². The molecule has 1 N–H and O–H groups in total. The van der Waals surface area contributed by atoms with Crippen LogP contribution in [0.2, 0.25) is 5.02 Å². The Labute approximate surface area is 81.1 Å². The molecular weight excluding hydrogens is 188 g/mol. The smallest absolute Gasteiger partial charge is 0.181 e. The third kappa shape index (κ3) is 1.41. The number of aromatic nitrogens is 2. The first-order chi connectivity index (χ1) is 6.33. The summed E-state index contributed by atoms with van der Waals surface area (Å²) in [6, 6.07) is 1.98. The van der Waals surface area contributed by atoms with Crippen LogP contribution in [0.4, 0.5) is 0 Å². The first kappa shape index (κ1) is 8.54. The lowest BCUT2D eigenvalue weighted by Gasteiger charge is -1.99. The average Bonchev–Trinajstić information content (AvgIpc) is 2.37. The standard InChI is InChI=1S/C8H9ClN4/c9-8-6(4-10)12-13-3-1-2-11-5-7(8)13/h11H,1-3,5H2. The van der Waals surface area contributed by atoms with Crippen molar-refractivity contribution in [3.63, 3.8) is 0 Å². The van der Waals surface area contributed by atoms with E-state index in [4.69, 9.17) is 16.9 Å². The minimum absolute atomic E-state index is 0.334. The van der Waals surface area contributed by atoms with Crippen molar-refractivity contribution in [1.82, 2.24) is 15.1 Å². The zero-order valence-corrected chi connectivity index (χ0v) is 7.80. The van der Waals surface area contributed by atoms with Gasteiger partial charge in [-0.05, 0) is 13.0 Å². The minimum atomic E-state index is 0.334. The highest BCUT2D eigenvalue weighted by atomic mass is 35.5. The van der Waals surface area contributed by atoms with Crippen LogP contribution in [0.25, 0.3) is 0 Å². The lowest BCUT2D eigenvalue weighted by molar-refractivity contribution is 0.586. The van der Waals surface area contributed by atoms with Crippen LogP contribution >= 0.6 is 11.6 Å². The molecule has 68 valence electrons. The molecule has 0 saturated carbocycles. The van der Waals surface area contributed by atoms with Crippen molar-refractivity contribution in [1.29, 1.82) is 5.26 Å². The Balaban J connectivity index is 2.46. The molecule has 0 unspecified atom stereocenters. The van der Waals surface area contributed by atoms with Gasteiger partial charge in [0.15, 0.2) is 5.69 Å². The van der Waals surface area contributed by atoms with E-state index in [9.17, 15) is 0 Å². The summed E-state index contributed by atoms with van der Waals surface area (Å²) < 4.78 is 1.82. The molecule has 1 aromatic heterocycles. The molecular formula is C8H9ClN4. The van der Waals surface area contributed by atoms with Crippen molar-refractivity contribution in [3.05, 3.63) is 16.4 Å². The molecule has 0 aliphatic carbocycles. The molecule has 13 heavy (non-hydrogen) atoms. The van der Waals surface area contributed by atoms with Crippen molar-refractivity contribution in [3.8, 4) is 6.07 Å². The third-order valence-corrected chi connectivity index (χ3v) is 2.51. The number of fused-ring (bicyclic) bond motifs is 1. The maximum atomic E-state index is 8.71. The summed E-state index contributed by atoms with van der Waals surface area (Å²) in [6.45, 7) is 2.51. The minimum Gasteiger partial charge on any atom is -0.311 e. The van der Waals surface area contributed by atoms with Crippen molar-refractivity contribution in [2.45, 2.75) is 19.5 Å². The number of nitrogens with zero attached hydrogens (tertiary/aromatic N) is 3. The zero-order chi connectivity index (χ0) is 9.26. The molecule has 0 saturated heterocycles. The Bertz CT molecular complexity index is 363. The van der Waals surface area contributed by atoms with E-state index in [1.165, 1.54) is 0 Å². The van der Waals surface area contributed by atoms with Crippen LogP contribution in [0, 0.1) is 11.3 Å². The maximum Gasteiger partial charge on any atom is 0.181 e. The van der Waals surface area contributed by atoms with Gasteiger partial charge in [0, 0.05) is 13.1 Å². The van der Waals surface area contributed by atoms with Crippen molar-refractivity contribution < 1.29 is 0 Å². The number of halogens is 1. The monoisotopic (exact) mass is 196 g/mol. The SMILES string of the molecule is N#Cc1nn2c(c1Cl)CNCCC2. The van der Waals surface area contributed by atoms with Crippen molar-refractivity contribution >= 4 is 11.6 Å². The zero-order valence-electron chi connectivity index (χ0n) is 7.05. The van der Waals surface area contributed by atoms with Gasteiger partial charge in [-0.15, -0.1) is 0 Å². The fourth-order valence-electron chi connectivity index (χ4n) is 1.46. The molecule has 0 atom stereocenters. The van der Waals surface area contributed by atoms with Gasteiger partial charge in [-0.3, -0.25) is 4.68 Å². The number of hydrogen-bond acceptors (Lipinski definition) is 3. The molecule has 5 heteroatoms. The second-order valence-corrected chi connectivity index (χ2v) is 3.35. The van der Waals surface area contributed by atoms with Gasteiger partial charge in [0.05, 0.1) is 5.69 Å².